The Kier molecular flexibility index (Phi) is 7.53. The van der Waals surface area contributed by atoms with Crippen molar-refractivity contribution in [2.45, 2.75) is 44.7 Å². The number of urea groups is 1. The molecule has 2 atom stereocenters. The van der Waals surface area contributed by atoms with Crippen molar-refractivity contribution in [3.8, 4) is 0 Å². The quantitative estimate of drug-likeness (QED) is 0.629. The van der Waals surface area contributed by atoms with Gasteiger partial charge in [-0.1, -0.05) is 26.0 Å². The molecule has 0 unspecified atom stereocenters. The van der Waals surface area contributed by atoms with Crippen LogP contribution >= 0.6 is 0 Å². The number of carbonyl (C=O) groups is 2. The van der Waals surface area contributed by atoms with Gasteiger partial charge in [0.2, 0.25) is 15.9 Å². The highest BCUT2D eigenvalue weighted by Gasteiger charge is 2.22. The maximum Gasteiger partial charge on any atom is 0.318 e. The number of nitrogens with one attached hydrogen (secondary N) is 2. The van der Waals surface area contributed by atoms with Gasteiger partial charge in [0.15, 0.2) is 0 Å². The smallest absolute Gasteiger partial charge is 0.318 e. The second-order valence-electron chi connectivity index (χ2n) is 5.62. The lowest BCUT2D eigenvalue weighted by molar-refractivity contribution is -0.121. The number of imide groups is 1. The summed E-state index contributed by atoms with van der Waals surface area (Å²) in [5.74, 6) is -0.528. The standard InChI is InChI=1S/C16H26N4O4S/c1-5-20(6-2)25(23,24)14-9-7-13(8-10-14)11(3)18-12(4)15(21)19-16(17)22/h7-12,18H,5-6H2,1-4H3,(H3,17,19,21,22)/t11-,12-/m0/s1. The molecule has 0 bridgehead atoms. The van der Waals surface area contributed by atoms with Crippen LogP contribution in [0.3, 0.4) is 0 Å². The minimum atomic E-state index is -3.50. The van der Waals surface area contributed by atoms with Crippen molar-refractivity contribution in [2.24, 2.45) is 5.73 Å². The van der Waals surface area contributed by atoms with E-state index in [0.29, 0.717) is 13.1 Å². The van der Waals surface area contributed by atoms with Gasteiger partial charge in [0.1, 0.15) is 0 Å². The van der Waals surface area contributed by atoms with Crippen LogP contribution in [-0.2, 0) is 14.8 Å². The Labute approximate surface area is 148 Å². The number of benzene rings is 1. The highest BCUT2D eigenvalue weighted by molar-refractivity contribution is 7.89. The van der Waals surface area contributed by atoms with Gasteiger partial charge in [0.25, 0.3) is 0 Å². The Balaban J connectivity index is 2.85. The third kappa shape index (κ3) is 5.52. The number of primary amides is 1. The molecular formula is C16H26N4O4S. The van der Waals surface area contributed by atoms with E-state index < -0.39 is 28.0 Å². The summed E-state index contributed by atoms with van der Waals surface area (Å²) >= 11 is 0. The van der Waals surface area contributed by atoms with Crippen LogP contribution < -0.4 is 16.4 Å². The molecule has 8 nitrogen and oxygen atoms in total. The number of amides is 3. The van der Waals surface area contributed by atoms with Crippen LogP contribution in [0.15, 0.2) is 29.2 Å². The molecule has 0 heterocycles. The average molecular weight is 370 g/mol. The zero-order valence-corrected chi connectivity index (χ0v) is 15.8. The van der Waals surface area contributed by atoms with Crippen LogP contribution in [0.2, 0.25) is 0 Å². The van der Waals surface area contributed by atoms with Crippen LogP contribution in [0, 0.1) is 0 Å². The van der Waals surface area contributed by atoms with E-state index in [-0.39, 0.29) is 10.9 Å². The maximum atomic E-state index is 12.5. The lowest BCUT2D eigenvalue weighted by Crippen LogP contribution is -2.47. The molecule has 0 aliphatic carbocycles. The Bertz CT molecular complexity index is 699. The van der Waals surface area contributed by atoms with E-state index in [1.54, 1.807) is 45.0 Å². The lowest BCUT2D eigenvalue weighted by Gasteiger charge is -2.21. The minimum Gasteiger partial charge on any atom is -0.351 e. The number of nitrogens with two attached hydrogens (primary N) is 1. The first kappa shape index (κ1) is 21.1. The van der Waals surface area contributed by atoms with Gasteiger partial charge in [-0.05, 0) is 31.5 Å². The topological polar surface area (TPSA) is 122 Å². The molecule has 140 valence electrons. The Hall–Kier alpha value is -1.97. The molecule has 1 aromatic rings. The highest BCUT2D eigenvalue weighted by Crippen LogP contribution is 2.19. The molecule has 1 rings (SSSR count). The zero-order chi connectivity index (χ0) is 19.2. The van der Waals surface area contributed by atoms with Gasteiger partial charge in [-0.2, -0.15) is 4.31 Å². The van der Waals surface area contributed by atoms with E-state index in [4.69, 9.17) is 5.73 Å². The van der Waals surface area contributed by atoms with E-state index >= 15 is 0 Å². The van der Waals surface area contributed by atoms with Crippen molar-refractivity contribution in [3.05, 3.63) is 29.8 Å². The molecule has 3 amide bonds. The number of hydrogen-bond donors (Lipinski definition) is 3. The summed E-state index contributed by atoms with van der Waals surface area (Å²) in [7, 11) is -3.50. The molecule has 9 heteroatoms. The summed E-state index contributed by atoms with van der Waals surface area (Å²) in [6, 6.07) is 4.74. The molecule has 0 aromatic heterocycles. The largest absolute Gasteiger partial charge is 0.351 e. The van der Waals surface area contributed by atoms with Crippen molar-refractivity contribution in [2.75, 3.05) is 13.1 Å². The van der Waals surface area contributed by atoms with E-state index in [1.165, 1.54) is 4.31 Å². The van der Waals surface area contributed by atoms with E-state index in [9.17, 15) is 18.0 Å². The molecule has 0 aliphatic heterocycles. The van der Waals surface area contributed by atoms with Crippen molar-refractivity contribution >= 4 is 22.0 Å². The van der Waals surface area contributed by atoms with Gasteiger partial charge < -0.3 is 5.73 Å². The zero-order valence-electron chi connectivity index (χ0n) is 14.9. The summed E-state index contributed by atoms with van der Waals surface area (Å²) in [6.45, 7) is 7.84. The van der Waals surface area contributed by atoms with Gasteiger partial charge >= 0.3 is 6.03 Å². The molecule has 4 N–H and O–H groups in total. The molecule has 0 saturated carbocycles. The van der Waals surface area contributed by atoms with E-state index in [2.05, 4.69) is 5.32 Å². The summed E-state index contributed by atoms with van der Waals surface area (Å²) < 4.78 is 26.3. The molecule has 0 radical (unpaired) electrons. The number of nitrogens with zero attached hydrogens (tertiary/aromatic N) is 1. The molecule has 1 aromatic carbocycles. The number of sulfonamides is 1. The third-order valence-electron chi connectivity index (χ3n) is 3.86. The fraction of sp³-hybridized carbons (Fsp3) is 0.500. The Morgan fingerprint density at radius 1 is 1.12 bits per heavy atom. The molecule has 25 heavy (non-hydrogen) atoms. The van der Waals surface area contributed by atoms with Gasteiger partial charge in [0, 0.05) is 19.1 Å². The van der Waals surface area contributed by atoms with Crippen molar-refractivity contribution < 1.29 is 18.0 Å². The first-order valence-electron chi connectivity index (χ1n) is 8.09. The van der Waals surface area contributed by atoms with Gasteiger partial charge in [-0.25, -0.2) is 13.2 Å². The summed E-state index contributed by atoms with van der Waals surface area (Å²) in [4.78, 5) is 22.6. The van der Waals surface area contributed by atoms with Crippen molar-refractivity contribution in [3.63, 3.8) is 0 Å². The normalized spacial score (nSPS) is 14.1. The maximum absolute atomic E-state index is 12.5. The summed E-state index contributed by atoms with van der Waals surface area (Å²) in [6.07, 6.45) is 0. The van der Waals surface area contributed by atoms with E-state index in [0.717, 1.165) is 5.56 Å². The number of carbonyl (C=O) groups excluding carboxylic acids is 2. The minimum absolute atomic E-state index is 0.223. The fourth-order valence-corrected chi connectivity index (χ4v) is 3.88. The molecular weight excluding hydrogens is 344 g/mol. The SMILES string of the molecule is CCN(CC)S(=O)(=O)c1ccc([C@H](C)N[C@@H](C)C(=O)NC(N)=O)cc1. The summed E-state index contributed by atoms with van der Waals surface area (Å²) in [5, 5.41) is 5.03. The van der Waals surface area contributed by atoms with Crippen LogP contribution in [0.25, 0.3) is 0 Å². The van der Waals surface area contributed by atoms with Crippen molar-refractivity contribution in [1.29, 1.82) is 0 Å². The number of rotatable bonds is 8. The monoisotopic (exact) mass is 370 g/mol. The predicted octanol–water partition coefficient (Wildman–Crippen LogP) is 0.951. The van der Waals surface area contributed by atoms with Crippen LogP contribution in [-0.4, -0.2) is 43.8 Å². The van der Waals surface area contributed by atoms with E-state index in [1.807, 2.05) is 12.2 Å². The van der Waals surface area contributed by atoms with Crippen molar-refractivity contribution in [1.82, 2.24) is 14.9 Å². The first-order valence-corrected chi connectivity index (χ1v) is 9.53. The molecule has 0 spiro atoms. The lowest BCUT2D eigenvalue weighted by atomic mass is 10.1. The highest BCUT2D eigenvalue weighted by atomic mass is 32.2. The van der Waals surface area contributed by atoms with Crippen LogP contribution in [0.4, 0.5) is 4.79 Å². The second kappa shape index (κ2) is 8.93. The average Bonchev–Trinajstić information content (AvgIpc) is 2.55. The van der Waals surface area contributed by atoms with Crippen LogP contribution in [0.5, 0.6) is 0 Å². The third-order valence-corrected chi connectivity index (χ3v) is 5.93. The van der Waals surface area contributed by atoms with Gasteiger partial charge in [-0.3, -0.25) is 15.4 Å². The Morgan fingerprint density at radius 3 is 2.08 bits per heavy atom. The molecule has 0 saturated heterocycles. The first-order chi connectivity index (χ1) is 11.6. The molecule has 0 fully saturated rings. The van der Waals surface area contributed by atoms with Gasteiger partial charge in [-0.15, -0.1) is 0 Å². The van der Waals surface area contributed by atoms with Gasteiger partial charge in [0.05, 0.1) is 10.9 Å². The van der Waals surface area contributed by atoms with Crippen LogP contribution in [0.1, 0.15) is 39.3 Å². The Morgan fingerprint density at radius 2 is 1.64 bits per heavy atom. The summed E-state index contributed by atoms with van der Waals surface area (Å²) in [5.41, 5.74) is 5.74. The molecule has 0 aliphatic rings. The fourth-order valence-electron chi connectivity index (χ4n) is 2.42. The predicted molar refractivity (Wildman–Crippen MR) is 95.3 cm³/mol. The number of hydrogen-bond acceptors (Lipinski definition) is 5. The second-order valence-corrected chi connectivity index (χ2v) is 7.56.